The maximum Gasteiger partial charge on any atom is 0.141 e. The van der Waals surface area contributed by atoms with Gasteiger partial charge in [0, 0.05) is 11.8 Å². The molecule has 1 N–H and O–H groups in total. The fraction of sp³-hybridized carbons (Fsp3) is 0.545. The van der Waals surface area contributed by atoms with E-state index in [2.05, 4.69) is 4.98 Å². The summed E-state index contributed by atoms with van der Waals surface area (Å²) in [7, 11) is 0. The standard InChI is InChI=1S/C11H16FNO/c1-3-5-11(14,4-2)9-6-10(12)8-13-7-9/h6-8,14H,3-5H2,1-2H3. The zero-order chi connectivity index (χ0) is 10.6. The molecule has 1 rings (SSSR count). The molecule has 1 atom stereocenters. The maximum atomic E-state index is 12.9. The van der Waals surface area contributed by atoms with Crippen molar-refractivity contribution in [2.24, 2.45) is 0 Å². The van der Waals surface area contributed by atoms with Crippen molar-refractivity contribution in [2.75, 3.05) is 0 Å². The van der Waals surface area contributed by atoms with Gasteiger partial charge >= 0.3 is 0 Å². The maximum absolute atomic E-state index is 12.9. The molecule has 0 saturated heterocycles. The summed E-state index contributed by atoms with van der Waals surface area (Å²) >= 11 is 0. The van der Waals surface area contributed by atoms with Crippen LogP contribution in [0.15, 0.2) is 18.5 Å². The van der Waals surface area contributed by atoms with Crippen LogP contribution in [0, 0.1) is 5.82 Å². The van der Waals surface area contributed by atoms with Gasteiger partial charge in [-0.05, 0) is 18.9 Å². The van der Waals surface area contributed by atoms with E-state index >= 15 is 0 Å². The number of hydrogen-bond donors (Lipinski definition) is 1. The highest BCUT2D eigenvalue weighted by atomic mass is 19.1. The summed E-state index contributed by atoms with van der Waals surface area (Å²) in [5.41, 5.74) is -0.356. The van der Waals surface area contributed by atoms with Crippen LogP contribution in [0.4, 0.5) is 4.39 Å². The van der Waals surface area contributed by atoms with Gasteiger partial charge in [-0.3, -0.25) is 4.98 Å². The molecule has 0 amide bonds. The minimum atomic E-state index is -0.927. The van der Waals surface area contributed by atoms with Crippen LogP contribution in [0.3, 0.4) is 0 Å². The second-order valence-corrected chi connectivity index (χ2v) is 3.53. The van der Waals surface area contributed by atoms with Gasteiger partial charge in [-0.15, -0.1) is 0 Å². The lowest BCUT2D eigenvalue weighted by Crippen LogP contribution is -2.24. The number of hydrogen-bond acceptors (Lipinski definition) is 2. The molecular formula is C11H16FNO. The normalized spacial score (nSPS) is 15.1. The van der Waals surface area contributed by atoms with Crippen molar-refractivity contribution < 1.29 is 9.50 Å². The van der Waals surface area contributed by atoms with Crippen molar-refractivity contribution in [3.63, 3.8) is 0 Å². The third kappa shape index (κ3) is 2.29. The van der Waals surface area contributed by atoms with Crippen molar-refractivity contribution in [3.8, 4) is 0 Å². The number of pyridine rings is 1. The van der Waals surface area contributed by atoms with Gasteiger partial charge in [0.25, 0.3) is 0 Å². The number of nitrogens with zero attached hydrogens (tertiary/aromatic N) is 1. The second kappa shape index (κ2) is 4.51. The molecule has 0 aliphatic carbocycles. The molecule has 0 aromatic carbocycles. The summed E-state index contributed by atoms with van der Waals surface area (Å²) in [5.74, 6) is -0.398. The van der Waals surface area contributed by atoms with Gasteiger partial charge < -0.3 is 5.11 Å². The average Bonchev–Trinajstić information content (AvgIpc) is 2.18. The molecule has 0 fully saturated rings. The van der Waals surface area contributed by atoms with Crippen molar-refractivity contribution in [2.45, 2.75) is 38.7 Å². The first-order valence-corrected chi connectivity index (χ1v) is 4.96. The van der Waals surface area contributed by atoms with E-state index in [0.29, 0.717) is 18.4 Å². The van der Waals surface area contributed by atoms with Crippen LogP contribution >= 0.6 is 0 Å². The van der Waals surface area contributed by atoms with Crippen LogP contribution in [0.25, 0.3) is 0 Å². The van der Waals surface area contributed by atoms with Crippen LogP contribution < -0.4 is 0 Å². The van der Waals surface area contributed by atoms with Crippen molar-refractivity contribution in [1.82, 2.24) is 4.98 Å². The quantitative estimate of drug-likeness (QED) is 0.804. The van der Waals surface area contributed by atoms with E-state index in [1.165, 1.54) is 12.3 Å². The molecule has 2 nitrogen and oxygen atoms in total. The highest BCUT2D eigenvalue weighted by Crippen LogP contribution is 2.29. The molecule has 1 aromatic rings. The highest BCUT2D eigenvalue weighted by molar-refractivity contribution is 5.18. The first-order chi connectivity index (χ1) is 6.62. The van der Waals surface area contributed by atoms with E-state index in [9.17, 15) is 9.50 Å². The third-order valence-electron chi connectivity index (χ3n) is 2.49. The first-order valence-electron chi connectivity index (χ1n) is 4.96. The Balaban J connectivity index is 2.99. The van der Waals surface area contributed by atoms with E-state index in [4.69, 9.17) is 0 Å². The monoisotopic (exact) mass is 197 g/mol. The van der Waals surface area contributed by atoms with Crippen LogP contribution in [0.1, 0.15) is 38.7 Å². The zero-order valence-corrected chi connectivity index (χ0v) is 8.63. The number of rotatable bonds is 4. The molecule has 1 aromatic heterocycles. The topological polar surface area (TPSA) is 33.1 Å². The molecule has 1 unspecified atom stereocenters. The largest absolute Gasteiger partial charge is 0.385 e. The van der Waals surface area contributed by atoms with Crippen LogP contribution in [0.2, 0.25) is 0 Å². The Labute approximate surface area is 83.8 Å². The average molecular weight is 197 g/mol. The van der Waals surface area contributed by atoms with Gasteiger partial charge in [-0.1, -0.05) is 20.3 Å². The summed E-state index contributed by atoms with van der Waals surface area (Å²) in [4.78, 5) is 3.75. The summed E-state index contributed by atoms with van der Waals surface area (Å²) in [6.45, 7) is 3.88. The van der Waals surface area contributed by atoms with E-state index in [-0.39, 0.29) is 0 Å². The summed E-state index contributed by atoms with van der Waals surface area (Å²) in [5, 5.41) is 10.2. The summed E-state index contributed by atoms with van der Waals surface area (Å²) < 4.78 is 12.9. The van der Waals surface area contributed by atoms with Gasteiger partial charge in [-0.2, -0.15) is 0 Å². The van der Waals surface area contributed by atoms with Crippen molar-refractivity contribution >= 4 is 0 Å². The van der Waals surface area contributed by atoms with Crippen LogP contribution in [-0.4, -0.2) is 10.1 Å². The van der Waals surface area contributed by atoms with Gasteiger partial charge in [0.05, 0.1) is 11.8 Å². The minimum absolute atomic E-state index is 0.398. The Kier molecular flexibility index (Phi) is 3.58. The van der Waals surface area contributed by atoms with Gasteiger partial charge in [0.15, 0.2) is 0 Å². The van der Waals surface area contributed by atoms with E-state index in [1.807, 2.05) is 13.8 Å². The van der Waals surface area contributed by atoms with E-state index in [1.54, 1.807) is 0 Å². The van der Waals surface area contributed by atoms with E-state index in [0.717, 1.165) is 12.6 Å². The Morgan fingerprint density at radius 1 is 1.43 bits per heavy atom. The van der Waals surface area contributed by atoms with Crippen LogP contribution in [-0.2, 0) is 5.60 Å². The molecule has 14 heavy (non-hydrogen) atoms. The fourth-order valence-electron chi connectivity index (χ4n) is 1.61. The highest BCUT2D eigenvalue weighted by Gasteiger charge is 2.26. The zero-order valence-electron chi connectivity index (χ0n) is 8.63. The molecule has 0 aliphatic rings. The van der Waals surface area contributed by atoms with Gasteiger partial charge in [0.1, 0.15) is 5.82 Å². The number of aromatic nitrogens is 1. The molecule has 3 heteroatoms. The molecule has 1 heterocycles. The van der Waals surface area contributed by atoms with E-state index < -0.39 is 11.4 Å². The molecule has 0 saturated carbocycles. The smallest absolute Gasteiger partial charge is 0.141 e. The van der Waals surface area contributed by atoms with Crippen LogP contribution in [0.5, 0.6) is 0 Å². The van der Waals surface area contributed by atoms with Gasteiger partial charge in [0.2, 0.25) is 0 Å². The Hall–Kier alpha value is -0.960. The van der Waals surface area contributed by atoms with Crippen molar-refractivity contribution in [1.29, 1.82) is 0 Å². The predicted molar refractivity (Wildman–Crippen MR) is 53.3 cm³/mol. The Morgan fingerprint density at radius 2 is 2.14 bits per heavy atom. The lowest BCUT2D eigenvalue weighted by Gasteiger charge is -2.26. The van der Waals surface area contributed by atoms with Crippen molar-refractivity contribution in [3.05, 3.63) is 29.8 Å². The molecule has 0 radical (unpaired) electrons. The van der Waals surface area contributed by atoms with Gasteiger partial charge in [-0.25, -0.2) is 4.39 Å². The summed E-state index contributed by atoms with van der Waals surface area (Å²) in [6.07, 6.45) is 4.75. The predicted octanol–water partition coefficient (Wildman–Crippen LogP) is 2.62. The molecule has 0 bridgehead atoms. The Morgan fingerprint density at radius 3 is 2.64 bits per heavy atom. The Bertz CT molecular complexity index is 303. The molecule has 78 valence electrons. The third-order valence-corrected chi connectivity index (χ3v) is 2.49. The number of halogens is 1. The minimum Gasteiger partial charge on any atom is -0.385 e. The number of aliphatic hydroxyl groups is 1. The summed E-state index contributed by atoms with van der Waals surface area (Å²) in [6, 6.07) is 1.35. The molecular weight excluding hydrogens is 181 g/mol. The lowest BCUT2D eigenvalue weighted by atomic mass is 9.88. The lowest BCUT2D eigenvalue weighted by molar-refractivity contribution is 0.0220. The molecule has 0 spiro atoms. The first kappa shape index (κ1) is 11.1. The fourth-order valence-corrected chi connectivity index (χ4v) is 1.61. The second-order valence-electron chi connectivity index (χ2n) is 3.53. The SMILES string of the molecule is CCCC(O)(CC)c1cncc(F)c1. The molecule has 0 aliphatic heterocycles.